The molecular weight excluding hydrogens is 322 g/mol. The van der Waals surface area contributed by atoms with Crippen LogP contribution >= 0.6 is 0 Å². The largest absolute Gasteiger partial charge is 0.497 e. The fraction of sp³-hybridized carbons (Fsp3) is 0.421. The van der Waals surface area contributed by atoms with E-state index in [0.29, 0.717) is 19.4 Å². The quantitative estimate of drug-likeness (QED) is 0.895. The standard InChI is InChI=1S/C19H19NO5/c1-23-13-5-3-10-9-12-11-4-6-14(24-2)17-19(11,15(10)16(13)25-17)7-8-20(12)18(21)22/h3-6,12,17H,7-9H2,1-2H3,(H,21,22)/t12-,17+,19-/m1/s1. The summed E-state index contributed by atoms with van der Waals surface area (Å²) in [5, 5.41) is 9.65. The van der Waals surface area contributed by atoms with Crippen molar-refractivity contribution in [2.45, 2.75) is 30.4 Å². The highest BCUT2D eigenvalue weighted by molar-refractivity contribution is 5.72. The number of hydrogen-bond acceptors (Lipinski definition) is 4. The third-order valence-electron chi connectivity index (χ3n) is 6.13. The SMILES string of the molecule is COC1=CC=C2[C@H]3Cc4ccc(OC)c5c4[C@]2(CCN3C(=O)O)[C@H]1O5. The molecule has 0 aromatic heterocycles. The van der Waals surface area contributed by atoms with Gasteiger partial charge in [-0.25, -0.2) is 4.79 Å². The minimum absolute atomic E-state index is 0.154. The van der Waals surface area contributed by atoms with Crippen molar-refractivity contribution < 1.29 is 24.1 Å². The van der Waals surface area contributed by atoms with Crippen LogP contribution in [0.3, 0.4) is 0 Å². The Kier molecular flexibility index (Phi) is 2.77. The summed E-state index contributed by atoms with van der Waals surface area (Å²) in [7, 11) is 3.29. The molecular formula is C19H19NO5. The van der Waals surface area contributed by atoms with Gasteiger partial charge in [-0.05, 0) is 36.1 Å². The number of methoxy groups -OCH3 is 2. The van der Waals surface area contributed by atoms with E-state index in [1.807, 2.05) is 24.3 Å². The minimum atomic E-state index is -0.866. The van der Waals surface area contributed by atoms with E-state index < -0.39 is 6.09 Å². The molecule has 0 saturated carbocycles. The highest BCUT2D eigenvalue weighted by Crippen LogP contribution is 2.62. The van der Waals surface area contributed by atoms with Crippen LogP contribution in [0.25, 0.3) is 0 Å². The number of ether oxygens (including phenoxy) is 3. The number of carbonyl (C=O) groups is 1. The van der Waals surface area contributed by atoms with Crippen molar-refractivity contribution in [1.29, 1.82) is 0 Å². The molecule has 1 spiro atoms. The number of nitrogens with zero attached hydrogens (tertiary/aromatic N) is 1. The molecule has 2 aliphatic heterocycles. The van der Waals surface area contributed by atoms with E-state index in [1.165, 1.54) is 0 Å². The number of carboxylic acid groups (broad SMARTS) is 1. The summed E-state index contributed by atoms with van der Waals surface area (Å²) in [4.78, 5) is 13.3. The van der Waals surface area contributed by atoms with Crippen LogP contribution < -0.4 is 9.47 Å². The molecule has 1 aromatic carbocycles. The van der Waals surface area contributed by atoms with E-state index in [2.05, 4.69) is 0 Å². The average molecular weight is 341 g/mol. The molecule has 2 heterocycles. The maximum atomic E-state index is 11.8. The highest BCUT2D eigenvalue weighted by Gasteiger charge is 2.63. The van der Waals surface area contributed by atoms with Gasteiger partial charge in [0.2, 0.25) is 0 Å². The Balaban J connectivity index is 1.80. The Bertz CT molecular complexity index is 858. The Morgan fingerprint density at radius 3 is 2.88 bits per heavy atom. The van der Waals surface area contributed by atoms with Gasteiger partial charge in [0.15, 0.2) is 17.6 Å². The van der Waals surface area contributed by atoms with E-state index in [1.54, 1.807) is 19.1 Å². The lowest BCUT2D eigenvalue weighted by molar-refractivity contribution is 0.0619. The molecule has 3 atom stereocenters. The third-order valence-corrected chi connectivity index (χ3v) is 6.13. The predicted molar refractivity (Wildman–Crippen MR) is 89.1 cm³/mol. The minimum Gasteiger partial charge on any atom is -0.497 e. The van der Waals surface area contributed by atoms with Crippen molar-refractivity contribution >= 4 is 6.09 Å². The van der Waals surface area contributed by atoms with E-state index >= 15 is 0 Å². The maximum Gasteiger partial charge on any atom is 0.407 e. The topological polar surface area (TPSA) is 68.2 Å². The molecule has 4 aliphatic rings. The van der Waals surface area contributed by atoms with Crippen molar-refractivity contribution in [1.82, 2.24) is 4.90 Å². The summed E-state index contributed by atoms with van der Waals surface area (Å²) in [6.07, 6.45) is 4.17. The van der Waals surface area contributed by atoms with E-state index in [-0.39, 0.29) is 17.6 Å². The lowest BCUT2D eigenvalue weighted by Gasteiger charge is -2.52. The van der Waals surface area contributed by atoms with Crippen LogP contribution in [0.4, 0.5) is 4.79 Å². The summed E-state index contributed by atoms with van der Waals surface area (Å²) >= 11 is 0. The van der Waals surface area contributed by atoms with Crippen LogP contribution in [0.15, 0.2) is 35.6 Å². The number of piperidine rings is 1. The molecule has 1 saturated heterocycles. The molecule has 2 bridgehead atoms. The van der Waals surface area contributed by atoms with Crippen LogP contribution in [0, 0.1) is 0 Å². The van der Waals surface area contributed by atoms with Gasteiger partial charge in [0, 0.05) is 12.1 Å². The number of hydrogen-bond donors (Lipinski definition) is 1. The van der Waals surface area contributed by atoms with Crippen LogP contribution in [0.5, 0.6) is 11.5 Å². The van der Waals surface area contributed by atoms with Gasteiger partial charge in [-0.1, -0.05) is 12.1 Å². The van der Waals surface area contributed by atoms with Gasteiger partial charge < -0.3 is 24.2 Å². The van der Waals surface area contributed by atoms with Crippen LogP contribution in [0.1, 0.15) is 17.5 Å². The van der Waals surface area contributed by atoms with E-state index in [9.17, 15) is 9.90 Å². The predicted octanol–water partition coefficient (Wildman–Crippen LogP) is 2.47. The first-order chi connectivity index (χ1) is 12.1. The molecule has 1 amide bonds. The molecule has 0 unspecified atom stereocenters. The van der Waals surface area contributed by atoms with Crippen LogP contribution in [-0.2, 0) is 16.6 Å². The van der Waals surface area contributed by atoms with E-state index in [0.717, 1.165) is 34.0 Å². The zero-order valence-corrected chi connectivity index (χ0v) is 14.1. The summed E-state index contributed by atoms with van der Waals surface area (Å²) in [6, 6.07) is 3.80. The molecule has 25 heavy (non-hydrogen) atoms. The smallest absolute Gasteiger partial charge is 0.407 e. The van der Waals surface area contributed by atoms with Gasteiger partial charge in [0.1, 0.15) is 5.76 Å². The molecule has 1 N–H and O–H groups in total. The van der Waals surface area contributed by atoms with Crippen molar-refractivity contribution in [3.8, 4) is 11.5 Å². The van der Waals surface area contributed by atoms with Crippen LogP contribution in [0.2, 0.25) is 0 Å². The molecule has 6 nitrogen and oxygen atoms in total. The molecule has 6 heteroatoms. The van der Waals surface area contributed by atoms with Crippen LogP contribution in [-0.4, -0.2) is 49.0 Å². The Morgan fingerprint density at radius 2 is 2.16 bits per heavy atom. The first kappa shape index (κ1) is 14.7. The summed E-state index contributed by atoms with van der Waals surface area (Å²) in [5.74, 6) is 2.27. The second kappa shape index (κ2) is 4.71. The first-order valence-corrected chi connectivity index (χ1v) is 8.44. The molecule has 130 valence electrons. The lowest BCUT2D eigenvalue weighted by atomic mass is 9.57. The molecule has 5 rings (SSSR count). The summed E-state index contributed by atoms with van der Waals surface area (Å²) in [5.41, 5.74) is 3.07. The van der Waals surface area contributed by atoms with Crippen molar-refractivity contribution in [2.24, 2.45) is 0 Å². The summed E-state index contributed by atoms with van der Waals surface area (Å²) in [6.45, 7) is 0.490. The summed E-state index contributed by atoms with van der Waals surface area (Å²) < 4.78 is 17.5. The van der Waals surface area contributed by atoms with Gasteiger partial charge in [-0.3, -0.25) is 0 Å². The molecule has 1 aromatic rings. The number of allylic oxidation sites excluding steroid dienone is 2. The van der Waals surface area contributed by atoms with Gasteiger partial charge in [0.25, 0.3) is 0 Å². The van der Waals surface area contributed by atoms with Gasteiger partial charge in [0.05, 0.1) is 25.7 Å². The molecule has 0 radical (unpaired) electrons. The zero-order valence-electron chi connectivity index (χ0n) is 14.1. The van der Waals surface area contributed by atoms with Gasteiger partial charge >= 0.3 is 6.09 Å². The third kappa shape index (κ3) is 1.57. The first-order valence-electron chi connectivity index (χ1n) is 8.44. The highest BCUT2D eigenvalue weighted by atomic mass is 16.6. The Hall–Kier alpha value is -2.63. The number of amides is 1. The number of benzene rings is 1. The monoisotopic (exact) mass is 341 g/mol. The van der Waals surface area contributed by atoms with Crippen molar-refractivity contribution in [3.63, 3.8) is 0 Å². The number of likely N-dealkylation sites (tertiary alicyclic amines) is 1. The fourth-order valence-corrected chi connectivity index (χ4v) is 5.16. The van der Waals surface area contributed by atoms with Crippen molar-refractivity contribution in [2.75, 3.05) is 20.8 Å². The second-order valence-corrected chi connectivity index (χ2v) is 6.94. The second-order valence-electron chi connectivity index (χ2n) is 6.94. The molecule has 1 fully saturated rings. The Morgan fingerprint density at radius 1 is 1.32 bits per heavy atom. The lowest BCUT2D eigenvalue weighted by Crippen LogP contribution is -2.60. The van der Waals surface area contributed by atoms with Gasteiger partial charge in [-0.2, -0.15) is 0 Å². The Labute approximate surface area is 145 Å². The number of rotatable bonds is 2. The average Bonchev–Trinajstić information content (AvgIpc) is 2.95. The fourth-order valence-electron chi connectivity index (χ4n) is 5.16. The van der Waals surface area contributed by atoms with E-state index in [4.69, 9.17) is 14.2 Å². The maximum absolute atomic E-state index is 11.8. The molecule has 2 aliphatic carbocycles. The zero-order chi connectivity index (χ0) is 17.3. The van der Waals surface area contributed by atoms with Crippen molar-refractivity contribution in [3.05, 3.63) is 46.7 Å². The van der Waals surface area contributed by atoms with Gasteiger partial charge in [-0.15, -0.1) is 0 Å². The normalized spacial score (nSPS) is 30.7.